The molecule has 0 aromatic rings. The van der Waals surface area contributed by atoms with Crippen LogP contribution in [0.3, 0.4) is 0 Å². The Morgan fingerprint density at radius 1 is 1.67 bits per heavy atom. The van der Waals surface area contributed by atoms with E-state index in [1.807, 2.05) is 4.90 Å². The predicted octanol–water partition coefficient (Wildman–Crippen LogP) is 1.82. The minimum absolute atomic E-state index is 0.0868. The number of carbonyl (C=O) groups is 1. The van der Waals surface area contributed by atoms with E-state index in [4.69, 9.17) is 0 Å². The van der Waals surface area contributed by atoms with Crippen LogP contribution >= 0.6 is 0 Å². The minimum Gasteiger partial charge on any atom is -0.339 e. The molecule has 0 N–H and O–H groups in total. The van der Waals surface area contributed by atoms with E-state index in [1.165, 1.54) is 18.9 Å². The van der Waals surface area contributed by atoms with Crippen molar-refractivity contribution in [3.8, 4) is 0 Å². The van der Waals surface area contributed by atoms with Crippen LogP contribution in [-0.2, 0) is 4.79 Å². The van der Waals surface area contributed by atoms with E-state index in [1.54, 1.807) is 0 Å². The van der Waals surface area contributed by atoms with Gasteiger partial charge in [-0.3, -0.25) is 4.79 Å². The number of hydrogen-bond donors (Lipinski definition) is 0. The van der Waals surface area contributed by atoms with Crippen LogP contribution in [0.25, 0.3) is 0 Å². The highest BCUT2D eigenvalue weighted by Crippen LogP contribution is 2.29. The van der Waals surface area contributed by atoms with Crippen molar-refractivity contribution in [2.45, 2.75) is 26.2 Å². The van der Waals surface area contributed by atoms with Crippen LogP contribution in [0.15, 0.2) is 12.7 Å². The number of carbonyl (C=O) groups excluding carboxylic acids is 1. The van der Waals surface area contributed by atoms with E-state index in [2.05, 4.69) is 13.5 Å². The zero-order chi connectivity index (χ0) is 8.97. The van der Waals surface area contributed by atoms with Crippen molar-refractivity contribution >= 4 is 5.91 Å². The predicted molar refractivity (Wildman–Crippen MR) is 49.8 cm³/mol. The van der Waals surface area contributed by atoms with Crippen molar-refractivity contribution in [3.05, 3.63) is 12.7 Å². The second-order valence-corrected chi connectivity index (χ2v) is 3.43. The lowest BCUT2D eigenvalue weighted by atomic mass is 10.3. The maximum atomic E-state index is 11.3. The van der Waals surface area contributed by atoms with E-state index in [-0.39, 0.29) is 5.91 Å². The lowest BCUT2D eigenvalue weighted by Crippen LogP contribution is -2.32. The summed E-state index contributed by atoms with van der Waals surface area (Å²) in [6.45, 7) is 7.41. The summed E-state index contributed by atoms with van der Waals surface area (Å²) in [7, 11) is 0. The summed E-state index contributed by atoms with van der Waals surface area (Å²) in [4.78, 5) is 13.2. The van der Waals surface area contributed by atoms with Gasteiger partial charge in [-0.05, 0) is 31.3 Å². The van der Waals surface area contributed by atoms with E-state index < -0.39 is 0 Å². The van der Waals surface area contributed by atoms with Crippen molar-refractivity contribution in [1.29, 1.82) is 0 Å². The van der Waals surface area contributed by atoms with Crippen LogP contribution in [0, 0.1) is 5.92 Å². The molecule has 12 heavy (non-hydrogen) atoms. The minimum atomic E-state index is 0.0868. The molecule has 68 valence electrons. The SMILES string of the molecule is C=CC(=O)N(CCC)CC1CC1. The second kappa shape index (κ2) is 4.29. The van der Waals surface area contributed by atoms with Gasteiger partial charge in [0.25, 0.3) is 0 Å². The fourth-order valence-electron chi connectivity index (χ4n) is 1.30. The highest BCUT2D eigenvalue weighted by molar-refractivity contribution is 5.86. The van der Waals surface area contributed by atoms with Gasteiger partial charge >= 0.3 is 0 Å². The Labute approximate surface area is 74.2 Å². The molecule has 0 heterocycles. The van der Waals surface area contributed by atoms with Crippen molar-refractivity contribution in [2.75, 3.05) is 13.1 Å². The maximum Gasteiger partial charge on any atom is 0.245 e. The molecule has 2 nitrogen and oxygen atoms in total. The molecule has 0 spiro atoms. The smallest absolute Gasteiger partial charge is 0.245 e. The zero-order valence-electron chi connectivity index (χ0n) is 7.75. The van der Waals surface area contributed by atoms with Gasteiger partial charge in [-0.2, -0.15) is 0 Å². The molecular formula is C10H17NO. The van der Waals surface area contributed by atoms with Crippen LogP contribution in [0.1, 0.15) is 26.2 Å². The summed E-state index contributed by atoms with van der Waals surface area (Å²) in [5.74, 6) is 0.865. The van der Waals surface area contributed by atoms with E-state index in [9.17, 15) is 4.79 Å². The third kappa shape index (κ3) is 2.68. The number of amides is 1. The highest BCUT2D eigenvalue weighted by atomic mass is 16.2. The van der Waals surface area contributed by atoms with E-state index in [0.29, 0.717) is 0 Å². The molecule has 1 rings (SSSR count). The summed E-state index contributed by atoms with van der Waals surface area (Å²) in [5.41, 5.74) is 0. The third-order valence-electron chi connectivity index (χ3n) is 2.16. The van der Waals surface area contributed by atoms with Crippen LogP contribution in [0.2, 0.25) is 0 Å². The van der Waals surface area contributed by atoms with Gasteiger partial charge in [0.2, 0.25) is 5.91 Å². The summed E-state index contributed by atoms with van der Waals surface area (Å²) in [5, 5.41) is 0. The standard InChI is InChI=1S/C10H17NO/c1-3-7-11(10(12)4-2)8-9-5-6-9/h4,9H,2-3,5-8H2,1H3. The molecule has 1 amide bonds. The van der Waals surface area contributed by atoms with Gasteiger partial charge < -0.3 is 4.90 Å². The Bertz CT molecular complexity index is 173. The summed E-state index contributed by atoms with van der Waals surface area (Å²) < 4.78 is 0. The second-order valence-electron chi connectivity index (χ2n) is 3.43. The van der Waals surface area contributed by atoms with Gasteiger partial charge in [-0.25, -0.2) is 0 Å². The molecule has 0 radical (unpaired) electrons. The van der Waals surface area contributed by atoms with Crippen LogP contribution in [0.5, 0.6) is 0 Å². The lowest BCUT2D eigenvalue weighted by Gasteiger charge is -2.19. The molecule has 0 saturated heterocycles. The number of nitrogens with zero attached hydrogens (tertiary/aromatic N) is 1. The van der Waals surface area contributed by atoms with Crippen molar-refractivity contribution in [3.63, 3.8) is 0 Å². The van der Waals surface area contributed by atoms with Crippen molar-refractivity contribution < 1.29 is 4.79 Å². The molecule has 1 saturated carbocycles. The zero-order valence-corrected chi connectivity index (χ0v) is 7.75. The average Bonchev–Trinajstić information content (AvgIpc) is 2.86. The van der Waals surface area contributed by atoms with Crippen LogP contribution in [0.4, 0.5) is 0 Å². The Morgan fingerprint density at radius 3 is 2.75 bits per heavy atom. The maximum absolute atomic E-state index is 11.3. The molecule has 1 aliphatic rings. The van der Waals surface area contributed by atoms with Gasteiger partial charge in [0.15, 0.2) is 0 Å². The van der Waals surface area contributed by atoms with E-state index in [0.717, 1.165) is 25.4 Å². The van der Waals surface area contributed by atoms with Crippen molar-refractivity contribution in [2.24, 2.45) is 5.92 Å². The first kappa shape index (κ1) is 9.30. The summed E-state index contributed by atoms with van der Waals surface area (Å²) >= 11 is 0. The monoisotopic (exact) mass is 167 g/mol. The summed E-state index contributed by atoms with van der Waals surface area (Å²) in [6.07, 6.45) is 5.04. The molecule has 1 aliphatic carbocycles. The Hall–Kier alpha value is -0.790. The van der Waals surface area contributed by atoms with Gasteiger partial charge in [-0.1, -0.05) is 13.5 Å². The van der Waals surface area contributed by atoms with Gasteiger partial charge in [0.05, 0.1) is 0 Å². The average molecular weight is 167 g/mol. The van der Waals surface area contributed by atoms with Crippen LogP contribution < -0.4 is 0 Å². The first-order valence-electron chi connectivity index (χ1n) is 4.69. The normalized spacial score (nSPS) is 15.8. The molecule has 0 aromatic heterocycles. The largest absolute Gasteiger partial charge is 0.339 e. The molecule has 0 bridgehead atoms. The third-order valence-corrected chi connectivity index (χ3v) is 2.16. The van der Waals surface area contributed by atoms with Crippen molar-refractivity contribution in [1.82, 2.24) is 4.90 Å². The van der Waals surface area contributed by atoms with Gasteiger partial charge in [0, 0.05) is 13.1 Å². The number of hydrogen-bond acceptors (Lipinski definition) is 1. The Kier molecular flexibility index (Phi) is 3.32. The van der Waals surface area contributed by atoms with Gasteiger partial charge in [-0.15, -0.1) is 0 Å². The van der Waals surface area contributed by atoms with Crippen LogP contribution in [-0.4, -0.2) is 23.9 Å². The number of rotatable bonds is 5. The Balaban J connectivity index is 2.34. The fourth-order valence-corrected chi connectivity index (χ4v) is 1.30. The first-order chi connectivity index (χ1) is 5.77. The fraction of sp³-hybridized carbons (Fsp3) is 0.700. The first-order valence-corrected chi connectivity index (χ1v) is 4.69. The molecule has 0 atom stereocenters. The van der Waals surface area contributed by atoms with E-state index >= 15 is 0 Å². The molecule has 0 aliphatic heterocycles. The highest BCUT2D eigenvalue weighted by Gasteiger charge is 2.25. The molecule has 2 heteroatoms. The topological polar surface area (TPSA) is 20.3 Å². The molecule has 0 unspecified atom stereocenters. The van der Waals surface area contributed by atoms with Gasteiger partial charge in [0.1, 0.15) is 0 Å². The molecule has 1 fully saturated rings. The lowest BCUT2D eigenvalue weighted by molar-refractivity contribution is -0.126. The molecular weight excluding hydrogens is 150 g/mol. The quantitative estimate of drug-likeness (QED) is 0.572. The molecule has 0 aromatic carbocycles. The summed E-state index contributed by atoms with van der Waals surface area (Å²) in [6, 6.07) is 0. The Morgan fingerprint density at radius 2 is 2.33 bits per heavy atom.